The molecular formula is C24H25N5O3. The largest absolute Gasteiger partial charge is 0.494 e. The normalized spacial score (nSPS) is 14.7. The number of nitrogens with one attached hydrogen (secondary N) is 2. The fourth-order valence-corrected chi connectivity index (χ4v) is 3.69. The van der Waals surface area contributed by atoms with Crippen molar-refractivity contribution in [1.29, 1.82) is 0 Å². The predicted octanol–water partition coefficient (Wildman–Crippen LogP) is 2.86. The van der Waals surface area contributed by atoms with Crippen LogP contribution in [0, 0.1) is 0 Å². The Kier molecular flexibility index (Phi) is 6.04. The number of rotatable bonds is 5. The highest BCUT2D eigenvalue weighted by Crippen LogP contribution is 2.26. The minimum absolute atomic E-state index is 0.285. The van der Waals surface area contributed by atoms with Crippen LogP contribution in [-0.2, 0) is 4.79 Å². The Hall–Kier alpha value is -3.91. The van der Waals surface area contributed by atoms with E-state index in [4.69, 9.17) is 0 Å². The summed E-state index contributed by atoms with van der Waals surface area (Å²) in [5.41, 5.74) is 2.29. The van der Waals surface area contributed by atoms with E-state index in [1.54, 1.807) is 18.2 Å². The molecule has 0 aliphatic carbocycles. The number of aliphatic imine (C=N–C) groups is 1. The van der Waals surface area contributed by atoms with Crippen molar-refractivity contribution in [1.82, 2.24) is 9.88 Å². The van der Waals surface area contributed by atoms with Gasteiger partial charge < -0.3 is 20.2 Å². The molecule has 0 radical (unpaired) electrons. The van der Waals surface area contributed by atoms with E-state index in [0.717, 1.165) is 43.6 Å². The maximum atomic E-state index is 12.3. The highest BCUT2D eigenvalue weighted by molar-refractivity contribution is 6.05. The van der Waals surface area contributed by atoms with Crippen LogP contribution in [0.25, 0.3) is 10.8 Å². The Morgan fingerprint density at radius 1 is 1.12 bits per heavy atom. The molecule has 1 amide bonds. The number of fused-ring (bicyclic) bond motifs is 1. The topological polar surface area (TPSA) is 101 Å². The van der Waals surface area contributed by atoms with Crippen LogP contribution in [0.1, 0.15) is 5.56 Å². The molecule has 1 aliphatic heterocycles. The van der Waals surface area contributed by atoms with Crippen molar-refractivity contribution >= 4 is 40.0 Å². The van der Waals surface area contributed by atoms with E-state index in [9.17, 15) is 14.7 Å². The van der Waals surface area contributed by atoms with Gasteiger partial charge in [-0.2, -0.15) is 0 Å². The molecule has 1 aliphatic rings. The second-order valence-corrected chi connectivity index (χ2v) is 7.74. The van der Waals surface area contributed by atoms with Crippen LogP contribution in [0.3, 0.4) is 0 Å². The van der Waals surface area contributed by atoms with Gasteiger partial charge in [0.05, 0.1) is 11.3 Å². The maximum Gasteiger partial charge on any atom is 0.258 e. The van der Waals surface area contributed by atoms with Gasteiger partial charge in [0.15, 0.2) is 0 Å². The number of amides is 1. The van der Waals surface area contributed by atoms with E-state index in [-0.39, 0.29) is 11.8 Å². The van der Waals surface area contributed by atoms with Crippen LogP contribution in [0.2, 0.25) is 0 Å². The van der Waals surface area contributed by atoms with Gasteiger partial charge in [0.25, 0.3) is 5.56 Å². The van der Waals surface area contributed by atoms with Crippen LogP contribution in [-0.4, -0.2) is 60.3 Å². The average Bonchev–Trinajstić information content (AvgIpc) is 2.79. The van der Waals surface area contributed by atoms with Crippen LogP contribution in [0.4, 0.5) is 17.1 Å². The number of benzene rings is 2. The molecule has 32 heavy (non-hydrogen) atoms. The highest BCUT2D eigenvalue weighted by Gasteiger charge is 2.14. The fraction of sp³-hybridized carbons (Fsp3) is 0.208. The quantitative estimate of drug-likeness (QED) is 0.426. The number of aromatic nitrogens is 1. The molecule has 3 aromatic rings. The summed E-state index contributed by atoms with van der Waals surface area (Å²) >= 11 is 0. The average molecular weight is 431 g/mol. The van der Waals surface area contributed by atoms with Gasteiger partial charge >= 0.3 is 0 Å². The van der Waals surface area contributed by atoms with Gasteiger partial charge in [-0.3, -0.25) is 19.6 Å². The summed E-state index contributed by atoms with van der Waals surface area (Å²) in [6, 6.07) is 12.7. The van der Waals surface area contributed by atoms with Gasteiger partial charge in [-0.25, -0.2) is 0 Å². The number of carbonyl (C=O) groups excluding carboxylic acids is 1. The fourth-order valence-electron chi connectivity index (χ4n) is 3.69. The first-order valence-electron chi connectivity index (χ1n) is 10.3. The van der Waals surface area contributed by atoms with Gasteiger partial charge in [-0.1, -0.05) is 6.58 Å². The lowest BCUT2D eigenvalue weighted by Gasteiger charge is -2.34. The van der Waals surface area contributed by atoms with Gasteiger partial charge in [-0.15, -0.1) is 0 Å². The molecule has 3 N–H and O–H groups in total. The molecule has 0 unspecified atom stereocenters. The molecule has 0 saturated carbocycles. The summed E-state index contributed by atoms with van der Waals surface area (Å²) in [6.07, 6.45) is 2.67. The summed E-state index contributed by atoms with van der Waals surface area (Å²) < 4.78 is 0. The number of carbonyl (C=O) groups is 1. The summed E-state index contributed by atoms with van der Waals surface area (Å²) in [7, 11) is 2.13. The Morgan fingerprint density at radius 3 is 2.53 bits per heavy atom. The lowest BCUT2D eigenvalue weighted by Crippen LogP contribution is -2.44. The highest BCUT2D eigenvalue weighted by atomic mass is 16.3. The number of aromatic hydroxyl groups is 1. The number of piperazine rings is 1. The van der Waals surface area contributed by atoms with E-state index in [2.05, 4.69) is 38.7 Å². The summed E-state index contributed by atoms with van der Waals surface area (Å²) in [5.74, 6) is -0.651. The van der Waals surface area contributed by atoms with Gasteiger partial charge in [0, 0.05) is 54.5 Å². The molecule has 1 fully saturated rings. The first kappa shape index (κ1) is 21.3. The number of likely N-dealkylation sites (N-methyl/N-ethyl adjacent to an activating group) is 1. The van der Waals surface area contributed by atoms with Crippen LogP contribution in [0.15, 0.2) is 64.9 Å². The van der Waals surface area contributed by atoms with Crippen LogP contribution >= 0.6 is 0 Å². The van der Waals surface area contributed by atoms with Crippen molar-refractivity contribution in [3.8, 4) is 5.88 Å². The van der Waals surface area contributed by atoms with Crippen molar-refractivity contribution in [2.24, 2.45) is 4.99 Å². The Labute approximate surface area is 185 Å². The molecule has 2 aromatic carbocycles. The number of pyridine rings is 1. The minimum atomic E-state index is -0.423. The zero-order chi connectivity index (χ0) is 22.7. The molecule has 0 spiro atoms. The molecule has 0 bridgehead atoms. The Morgan fingerprint density at radius 2 is 1.84 bits per heavy atom. The maximum absolute atomic E-state index is 12.3. The number of H-pyrrole nitrogens is 1. The third-order valence-corrected chi connectivity index (χ3v) is 5.56. The monoisotopic (exact) mass is 431 g/mol. The number of nitrogens with zero attached hydrogens (tertiary/aromatic N) is 3. The third-order valence-electron chi connectivity index (χ3n) is 5.56. The van der Waals surface area contributed by atoms with E-state index >= 15 is 0 Å². The predicted molar refractivity (Wildman–Crippen MR) is 128 cm³/mol. The van der Waals surface area contributed by atoms with Gasteiger partial charge in [0.1, 0.15) is 0 Å². The second-order valence-electron chi connectivity index (χ2n) is 7.74. The molecular weight excluding hydrogens is 406 g/mol. The van der Waals surface area contributed by atoms with Crippen molar-refractivity contribution in [2.45, 2.75) is 0 Å². The van der Waals surface area contributed by atoms with Crippen molar-refractivity contribution in [3.63, 3.8) is 0 Å². The van der Waals surface area contributed by atoms with Crippen molar-refractivity contribution < 1.29 is 9.90 Å². The van der Waals surface area contributed by atoms with E-state index < -0.39 is 5.56 Å². The summed E-state index contributed by atoms with van der Waals surface area (Å²) in [6.45, 7) is 7.48. The van der Waals surface area contributed by atoms with Crippen molar-refractivity contribution in [2.75, 3.05) is 43.4 Å². The van der Waals surface area contributed by atoms with E-state index in [1.807, 2.05) is 24.3 Å². The minimum Gasteiger partial charge on any atom is -0.494 e. The molecule has 1 aromatic heterocycles. The lowest BCUT2D eigenvalue weighted by molar-refractivity contribution is -0.111. The molecule has 4 rings (SSSR count). The summed E-state index contributed by atoms with van der Waals surface area (Å²) in [5, 5.41) is 13.9. The SMILES string of the molecule is C=CC(=O)Nc1ccc2c(=O)[nH]c(O)c(C=Nc3ccc(N4CCN(C)CC4)cc3)c2c1. The number of anilines is 2. The lowest BCUT2D eigenvalue weighted by atomic mass is 10.1. The van der Waals surface area contributed by atoms with Crippen molar-refractivity contribution in [3.05, 3.63) is 71.0 Å². The first-order chi connectivity index (χ1) is 15.4. The van der Waals surface area contributed by atoms with Crippen LogP contribution in [0.5, 0.6) is 5.88 Å². The number of aromatic amines is 1. The zero-order valence-electron chi connectivity index (χ0n) is 17.8. The number of hydrogen-bond donors (Lipinski definition) is 3. The third kappa shape index (κ3) is 4.55. The standard InChI is InChI=1S/C24H25N5O3/c1-3-22(30)26-17-6-9-19-20(14-17)21(24(32)27-23(19)31)15-25-16-4-7-18(8-5-16)29-12-10-28(2)11-13-29/h3-9,14-15H,1,10-13H2,2H3,(H,26,30)(H2,27,31,32). The molecule has 164 valence electrons. The first-order valence-corrected chi connectivity index (χ1v) is 10.3. The zero-order valence-corrected chi connectivity index (χ0v) is 17.8. The molecule has 8 heteroatoms. The van der Waals surface area contributed by atoms with Gasteiger partial charge in [-0.05, 0) is 55.6 Å². The molecule has 0 atom stereocenters. The Bertz CT molecular complexity index is 1240. The second kappa shape index (κ2) is 9.07. The summed E-state index contributed by atoms with van der Waals surface area (Å²) in [4.78, 5) is 35.5. The molecule has 8 nitrogen and oxygen atoms in total. The molecule has 1 saturated heterocycles. The van der Waals surface area contributed by atoms with E-state index in [0.29, 0.717) is 22.0 Å². The smallest absolute Gasteiger partial charge is 0.258 e. The van der Waals surface area contributed by atoms with Crippen LogP contribution < -0.4 is 15.8 Å². The molecule has 2 heterocycles. The Balaban J connectivity index is 1.62. The van der Waals surface area contributed by atoms with E-state index in [1.165, 1.54) is 6.21 Å². The number of hydrogen-bond acceptors (Lipinski definition) is 6. The van der Waals surface area contributed by atoms with Gasteiger partial charge in [0.2, 0.25) is 11.8 Å².